The van der Waals surface area contributed by atoms with Gasteiger partial charge in [-0.3, -0.25) is 0 Å². The molecule has 2 fully saturated rings. The first-order chi connectivity index (χ1) is 6.92. The van der Waals surface area contributed by atoms with Gasteiger partial charge in [0.15, 0.2) is 0 Å². The van der Waals surface area contributed by atoms with Crippen LogP contribution in [0, 0.1) is 0 Å². The molecule has 0 aromatic carbocycles. The van der Waals surface area contributed by atoms with Crippen LogP contribution in [0.4, 0.5) is 0 Å². The normalized spacial score (nSPS) is 32.7. The van der Waals surface area contributed by atoms with Crippen LogP contribution in [0.25, 0.3) is 6.08 Å². The highest BCUT2D eigenvalue weighted by molar-refractivity contribution is 5.54. The Kier molecular flexibility index (Phi) is 1.84. The molecule has 14 heavy (non-hydrogen) atoms. The molecule has 2 unspecified atom stereocenters. The molecule has 0 radical (unpaired) electrons. The summed E-state index contributed by atoms with van der Waals surface area (Å²) in [5.74, 6) is 0. The van der Waals surface area contributed by atoms with E-state index < -0.39 is 0 Å². The van der Waals surface area contributed by atoms with Crippen molar-refractivity contribution < 1.29 is 0 Å². The highest BCUT2D eigenvalue weighted by Crippen LogP contribution is 2.33. The van der Waals surface area contributed by atoms with Gasteiger partial charge in [0.2, 0.25) is 0 Å². The molecule has 1 aromatic rings. The van der Waals surface area contributed by atoms with E-state index in [-0.39, 0.29) is 0 Å². The SMILES string of the molecule is C(=C1\CC2CCC1N2)/c1cncnc1. The summed E-state index contributed by atoms with van der Waals surface area (Å²) in [6.07, 6.45) is 11.4. The maximum atomic E-state index is 4.01. The Morgan fingerprint density at radius 2 is 2.14 bits per heavy atom. The minimum atomic E-state index is 0.625. The van der Waals surface area contributed by atoms with Gasteiger partial charge in [-0.2, -0.15) is 0 Å². The van der Waals surface area contributed by atoms with E-state index in [1.165, 1.54) is 24.8 Å². The summed E-state index contributed by atoms with van der Waals surface area (Å²) in [4.78, 5) is 8.03. The zero-order valence-electron chi connectivity index (χ0n) is 7.98. The molecule has 3 nitrogen and oxygen atoms in total. The van der Waals surface area contributed by atoms with Crippen molar-refractivity contribution in [1.82, 2.24) is 15.3 Å². The van der Waals surface area contributed by atoms with Crippen LogP contribution >= 0.6 is 0 Å². The van der Waals surface area contributed by atoms with E-state index in [4.69, 9.17) is 0 Å². The van der Waals surface area contributed by atoms with Gasteiger partial charge in [-0.15, -0.1) is 0 Å². The third-order valence-corrected chi connectivity index (χ3v) is 3.10. The predicted octanol–water partition coefficient (Wildman–Crippen LogP) is 1.38. The first kappa shape index (κ1) is 8.12. The van der Waals surface area contributed by atoms with Crippen molar-refractivity contribution in [1.29, 1.82) is 0 Å². The Labute approximate surface area is 83.3 Å². The molecular weight excluding hydrogens is 174 g/mol. The average molecular weight is 187 g/mol. The van der Waals surface area contributed by atoms with E-state index in [1.54, 1.807) is 6.33 Å². The van der Waals surface area contributed by atoms with Crippen LogP contribution in [-0.4, -0.2) is 22.1 Å². The lowest BCUT2D eigenvalue weighted by atomic mass is 9.94. The molecule has 2 saturated heterocycles. The van der Waals surface area contributed by atoms with Crippen molar-refractivity contribution in [2.24, 2.45) is 0 Å². The zero-order valence-corrected chi connectivity index (χ0v) is 7.98. The van der Waals surface area contributed by atoms with Gasteiger partial charge in [-0.25, -0.2) is 9.97 Å². The molecule has 0 amide bonds. The maximum Gasteiger partial charge on any atom is 0.115 e. The van der Waals surface area contributed by atoms with Crippen molar-refractivity contribution in [3.63, 3.8) is 0 Å². The zero-order chi connectivity index (χ0) is 9.38. The molecule has 2 aliphatic heterocycles. The van der Waals surface area contributed by atoms with Crippen LogP contribution in [0.3, 0.4) is 0 Å². The number of nitrogens with zero attached hydrogens (tertiary/aromatic N) is 2. The second kappa shape index (κ2) is 3.17. The number of hydrogen-bond acceptors (Lipinski definition) is 3. The Morgan fingerprint density at radius 1 is 1.29 bits per heavy atom. The molecule has 1 N–H and O–H groups in total. The summed E-state index contributed by atoms with van der Waals surface area (Å²) in [6, 6.07) is 1.36. The van der Waals surface area contributed by atoms with E-state index in [1.807, 2.05) is 12.4 Å². The van der Waals surface area contributed by atoms with Crippen molar-refractivity contribution in [2.45, 2.75) is 31.3 Å². The lowest BCUT2D eigenvalue weighted by Crippen LogP contribution is -2.18. The smallest absolute Gasteiger partial charge is 0.115 e. The minimum Gasteiger partial charge on any atom is -0.307 e. The fourth-order valence-corrected chi connectivity index (χ4v) is 2.46. The number of hydrogen-bond donors (Lipinski definition) is 1. The predicted molar refractivity (Wildman–Crippen MR) is 54.6 cm³/mol. The Balaban J connectivity index is 1.86. The number of nitrogens with one attached hydrogen (secondary N) is 1. The van der Waals surface area contributed by atoms with Gasteiger partial charge in [-0.1, -0.05) is 11.6 Å². The van der Waals surface area contributed by atoms with Crippen molar-refractivity contribution in [2.75, 3.05) is 0 Å². The second-order valence-corrected chi connectivity index (χ2v) is 4.09. The first-order valence-corrected chi connectivity index (χ1v) is 5.13. The summed E-state index contributed by atoms with van der Waals surface area (Å²) in [7, 11) is 0. The third-order valence-electron chi connectivity index (χ3n) is 3.10. The Hall–Kier alpha value is -1.22. The van der Waals surface area contributed by atoms with Crippen molar-refractivity contribution >= 4 is 6.08 Å². The monoisotopic (exact) mass is 187 g/mol. The lowest BCUT2D eigenvalue weighted by molar-refractivity contribution is 0.647. The molecule has 2 bridgehead atoms. The van der Waals surface area contributed by atoms with Gasteiger partial charge < -0.3 is 5.32 Å². The molecule has 72 valence electrons. The van der Waals surface area contributed by atoms with Gasteiger partial charge in [0, 0.05) is 30.0 Å². The van der Waals surface area contributed by atoms with E-state index in [2.05, 4.69) is 21.4 Å². The van der Waals surface area contributed by atoms with Crippen LogP contribution in [0.1, 0.15) is 24.8 Å². The number of rotatable bonds is 1. The van der Waals surface area contributed by atoms with Crippen molar-refractivity contribution in [3.8, 4) is 0 Å². The molecule has 3 rings (SSSR count). The number of aromatic nitrogens is 2. The average Bonchev–Trinajstić information content (AvgIpc) is 2.81. The fourth-order valence-electron chi connectivity index (χ4n) is 2.46. The topological polar surface area (TPSA) is 37.8 Å². The summed E-state index contributed by atoms with van der Waals surface area (Å²) in [6.45, 7) is 0. The molecule has 1 aromatic heterocycles. The summed E-state index contributed by atoms with van der Waals surface area (Å²) >= 11 is 0. The van der Waals surface area contributed by atoms with Crippen LogP contribution < -0.4 is 5.32 Å². The molecule has 3 heterocycles. The molecular formula is C11H13N3. The number of fused-ring (bicyclic) bond motifs is 2. The summed E-state index contributed by atoms with van der Waals surface area (Å²) in [5.41, 5.74) is 2.65. The van der Waals surface area contributed by atoms with Crippen LogP contribution in [0.2, 0.25) is 0 Å². The van der Waals surface area contributed by atoms with Gasteiger partial charge in [0.1, 0.15) is 6.33 Å². The van der Waals surface area contributed by atoms with Gasteiger partial charge in [0.05, 0.1) is 0 Å². The fraction of sp³-hybridized carbons (Fsp3) is 0.455. The van der Waals surface area contributed by atoms with E-state index in [0.717, 1.165) is 11.6 Å². The van der Waals surface area contributed by atoms with E-state index in [9.17, 15) is 0 Å². The van der Waals surface area contributed by atoms with Crippen molar-refractivity contribution in [3.05, 3.63) is 29.9 Å². The van der Waals surface area contributed by atoms with Crippen LogP contribution in [0.15, 0.2) is 24.3 Å². The van der Waals surface area contributed by atoms with Crippen LogP contribution in [0.5, 0.6) is 0 Å². The molecule has 0 saturated carbocycles. The highest BCUT2D eigenvalue weighted by atomic mass is 15.0. The summed E-state index contributed by atoms with van der Waals surface area (Å²) in [5, 5.41) is 3.59. The Bertz CT molecular complexity index is 358. The maximum absolute atomic E-state index is 4.01. The summed E-state index contributed by atoms with van der Waals surface area (Å²) < 4.78 is 0. The largest absolute Gasteiger partial charge is 0.307 e. The second-order valence-electron chi connectivity index (χ2n) is 4.09. The van der Waals surface area contributed by atoms with E-state index >= 15 is 0 Å². The lowest BCUT2D eigenvalue weighted by Gasteiger charge is -2.10. The first-order valence-electron chi connectivity index (χ1n) is 5.13. The standard InChI is InChI=1S/C11H13N3/c1-2-11-9(4-10(1)14-11)3-8-5-12-7-13-6-8/h3,5-7,10-11,14H,1-2,4H2/b9-3-. The minimum absolute atomic E-state index is 0.625. The van der Waals surface area contributed by atoms with Gasteiger partial charge in [0.25, 0.3) is 0 Å². The molecule has 2 atom stereocenters. The van der Waals surface area contributed by atoms with E-state index in [0.29, 0.717) is 6.04 Å². The third kappa shape index (κ3) is 1.34. The van der Waals surface area contributed by atoms with Gasteiger partial charge in [-0.05, 0) is 19.3 Å². The molecule has 2 aliphatic rings. The molecule has 0 spiro atoms. The Morgan fingerprint density at radius 3 is 2.79 bits per heavy atom. The van der Waals surface area contributed by atoms with Crippen LogP contribution in [-0.2, 0) is 0 Å². The highest BCUT2D eigenvalue weighted by Gasteiger charge is 2.34. The van der Waals surface area contributed by atoms with Gasteiger partial charge >= 0.3 is 0 Å². The molecule has 0 aliphatic carbocycles. The molecule has 3 heteroatoms. The quantitative estimate of drug-likeness (QED) is 0.721.